The van der Waals surface area contributed by atoms with Crippen LogP contribution in [-0.2, 0) is 0 Å². The molecular formula is C14H20ClN. The Kier molecular flexibility index (Phi) is 3.27. The average Bonchev–Trinajstić information content (AvgIpc) is 2.65. The van der Waals surface area contributed by atoms with E-state index >= 15 is 0 Å². The third-order valence-electron chi connectivity index (χ3n) is 3.44. The zero-order valence-corrected chi connectivity index (χ0v) is 11.0. The summed E-state index contributed by atoms with van der Waals surface area (Å²) in [7, 11) is 0. The summed E-state index contributed by atoms with van der Waals surface area (Å²) < 4.78 is 0. The van der Waals surface area contributed by atoms with Crippen LogP contribution < -0.4 is 5.32 Å². The second-order valence-electron chi connectivity index (χ2n) is 5.77. The highest BCUT2D eigenvalue weighted by Gasteiger charge is 2.32. The quantitative estimate of drug-likeness (QED) is 0.773. The molecule has 2 rings (SSSR count). The molecule has 1 aliphatic rings. The summed E-state index contributed by atoms with van der Waals surface area (Å²) in [6.07, 6.45) is 2.46. The van der Waals surface area contributed by atoms with E-state index in [9.17, 15) is 0 Å². The predicted molar refractivity (Wildman–Crippen MR) is 69.8 cm³/mol. The zero-order valence-electron chi connectivity index (χ0n) is 10.3. The standard InChI is InChI=1S/C14H20ClN/c1-14(2,3)13-8-7-12(16-13)10-5-4-6-11(15)9-10/h4-6,9,12-13,16H,7-8H2,1-3H3/t12-,13+/m0/s1. The molecule has 1 aliphatic heterocycles. The van der Waals surface area contributed by atoms with Gasteiger partial charge in [0.05, 0.1) is 0 Å². The van der Waals surface area contributed by atoms with Gasteiger partial charge in [0.1, 0.15) is 0 Å². The second kappa shape index (κ2) is 4.38. The maximum atomic E-state index is 6.02. The van der Waals surface area contributed by atoms with E-state index < -0.39 is 0 Å². The number of hydrogen-bond acceptors (Lipinski definition) is 1. The Morgan fingerprint density at radius 3 is 2.56 bits per heavy atom. The Morgan fingerprint density at radius 1 is 1.25 bits per heavy atom. The van der Waals surface area contributed by atoms with Crippen LogP contribution in [0.1, 0.15) is 45.2 Å². The van der Waals surface area contributed by atoms with Gasteiger partial charge in [0.2, 0.25) is 0 Å². The molecule has 1 nitrogen and oxygen atoms in total. The van der Waals surface area contributed by atoms with E-state index in [4.69, 9.17) is 11.6 Å². The molecule has 1 fully saturated rings. The molecule has 0 unspecified atom stereocenters. The van der Waals surface area contributed by atoms with Crippen molar-refractivity contribution >= 4 is 11.6 Å². The van der Waals surface area contributed by atoms with Gasteiger partial charge in [-0.3, -0.25) is 0 Å². The molecule has 0 radical (unpaired) electrons. The van der Waals surface area contributed by atoms with E-state index in [0.29, 0.717) is 17.5 Å². The van der Waals surface area contributed by atoms with E-state index in [1.54, 1.807) is 0 Å². The SMILES string of the molecule is CC(C)(C)[C@H]1CC[C@@H](c2cccc(Cl)c2)N1. The molecule has 0 aromatic heterocycles. The molecular weight excluding hydrogens is 218 g/mol. The maximum Gasteiger partial charge on any atom is 0.0409 e. The van der Waals surface area contributed by atoms with Gasteiger partial charge in [0, 0.05) is 17.1 Å². The molecule has 0 bridgehead atoms. The van der Waals surface area contributed by atoms with Crippen molar-refractivity contribution in [3.63, 3.8) is 0 Å². The second-order valence-corrected chi connectivity index (χ2v) is 6.21. The van der Waals surface area contributed by atoms with Crippen molar-refractivity contribution in [1.82, 2.24) is 5.32 Å². The van der Waals surface area contributed by atoms with E-state index in [2.05, 4.69) is 38.2 Å². The van der Waals surface area contributed by atoms with Crippen LogP contribution in [0.5, 0.6) is 0 Å². The first-order valence-corrected chi connectivity index (χ1v) is 6.36. The Hall–Kier alpha value is -0.530. The zero-order chi connectivity index (χ0) is 11.8. The lowest BCUT2D eigenvalue weighted by Gasteiger charge is -2.28. The van der Waals surface area contributed by atoms with Gasteiger partial charge >= 0.3 is 0 Å². The van der Waals surface area contributed by atoms with Crippen molar-refractivity contribution in [3.8, 4) is 0 Å². The molecule has 0 aliphatic carbocycles. The summed E-state index contributed by atoms with van der Waals surface area (Å²) in [5, 5.41) is 4.55. The third-order valence-corrected chi connectivity index (χ3v) is 3.68. The highest BCUT2D eigenvalue weighted by molar-refractivity contribution is 6.30. The largest absolute Gasteiger partial charge is 0.307 e. The Labute approximate surface area is 103 Å². The predicted octanol–water partition coefficient (Wildman–Crippen LogP) is 4.18. The summed E-state index contributed by atoms with van der Waals surface area (Å²) in [5.41, 5.74) is 1.66. The van der Waals surface area contributed by atoms with Gasteiger partial charge in [-0.25, -0.2) is 0 Å². The summed E-state index contributed by atoms with van der Waals surface area (Å²) in [5.74, 6) is 0. The minimum atomic E-state index is 0.341. The summed E-state index contributed by atoms with van der Waals surface area (Å²) in [6.45, 7) is 6.89. The third kappa shape index (κ3) is 2.58. The molecule has 16 heavy (non-hydrogen) atoms. The van der Waals surface area contributed by atoms with E-state index in [1.807, 2.05) is 12.1 Å². The molecule has 1 N–H and O–H groups in total. The number of nitrogens with one attached hydrogen (secondary N) is 1. The smallest absolute Gasteiger partial charge is 0.0409 e. The van der Waals surface area contributed by atoms with Crippen LogP contribution in [0.25, 0.3) is 0 Å². The molecule has 2 atom stereocenters. The fourth-order valence-corrected chi connectivity index (χ4v) is 2.61. The Balaban J connectivity index is 2.09. The van der Waals surface area contributed by atoms with Crippen LogP contribution in [-0.4, -0.2) is 6.04 Å². The topological polar surface area (TPSA) is 12.0 Å². The minimum absolute atomic E-state index is 0.341. The van der Waals surface area contributed by atoms with Crippen molar-refractivity contribution in [1.29, 1.82) is 0 Å². The molecule has 1 saturated heterocycles. The monoisotopic (exact) mass is 237 g/mol. The van der Waals surface area contributed by atoms with Crippen molar-refractivity contribution in [2.24, 2.45) is 5.41 Å². The summed E-state index contributed by atoms with van der Waals surface area (Å²) in [4.78, 5) is 0. The molecule has 0 spiro atoms. The van der Waals surface area contributed by atoms with Crippen LogP contribution in [0.15, 0.2) is 24.3 Å². The van der Waals surface area contributed by atoms with Crippen molar-refractivity contribution in [2.45, 2.75) is 45.7 Å². The van der Waals surface area contributed by atoms with Crippen molar-refractivity contribution in [3.05, 3.63) is 34.9 Å². The van der Waals surface area contributed by atoms with Crippen molar-refractivity contribution in [2.75, 3.05) is 0 Å². The first-order chi connectivity index (χ1) is 7.47. The molecule has 2 heteroatoms. The molecule has 0 saturated carbocycles. The van der Waals surface area contributed by atoms with Gasteiger partial charge in [-0.2, -0.15) is 0 Å². The number of rotatable bonds is 1. The lowest BCUT2D eigenvalue weighted by atomic mass is 9.86. The molecule has 1 heterocycles. The highest BCUT2D eigenvalue weighted by atomic mass is 35.5. The lowest BCUT2D eigenvalue weighted by molar-refractivity contribution is 0.287. The fraction of sp³-hybridized carbons (Fsp3) is 0.571. The fourth-order valence-electron chi connectivity index (χ4n) is 2.41. The van der Waals surface area contributed by atoms with Crippen LogP contribution in [0.3, 0.4) is 0 Å². The summed E-state index contributed by atoms with van der Waals surface area (Å²) in [6, 6.07) is 9.28. The minimum Gasteiger partial charge on any atom is -0.307 e. The van der Waals surface area contributed by atoms with Gasteiger partial charge in [0.25, 0.3) is 0 Å². The van der Waals surface area contributed by atoms with Crippen molar-refractivity contribution < 1.29 is 0 Å². The molecule has 1 aromatic rings. The van der Waals surface area contributed by atoms with E-state index in [0.717, 1.165) is 5.02 Å². The molecule has 88 valence electrons. The van der Waals surface area contributed by atoms with Gasteiger partial charge in [0.15, 0.2) is 0 Å². The summed E-state index contributed by atoms with van der Waals surface area (Å²) >= 11 is 6.02. The normalized spacial score (nSPS) is 26.0. The number of benzene rings is 1. The lowest BCUT2D eigenvalue weighted by Crippen LogP contribution is -2.35. The van der Waals surface area contributed by atoms with Crippen LogP contribution in [0.2, 0.25) is 5.02 Å². The van der Waals surface area contributed by atoms with Gasteiger partial charge < -0.3 is 5.32 Å². The van der Waals surface area contributed by atoms with Gasteiger partial charge in [-0.05, 0) is 36.0 Å². The van der Waals surface area contributed by atoms with E-state index in [-0.39, 0.29) is 0 Å². The van der Waals surface area contributed by atoms with Gasteiger partial charge in [-0.15, -0.1) is 0 Å². The van der Waals surface area contributed by atoms with Crippen LogP contribution in [0, 0.1) is 5.41 Å². The number of halogens is 1. The van der Waals surface area contributed by atoms with Crippen LogP contribution in [0.4, 0.5) is 0 Å². The van der Waals surface area contributed by atoms with E-state index in [1.165, 1.54) is 18.4 Å². The first kappa shape index (κ1) is 11.9. The Bertz CT molecular complexity index is 367. The first-order valence-electron chi connectivity index (χ1n) is 5.98. The average molecular weight is 238 g/mol. The molecule has 1 aromatic carbocycles. The van der Waals surface area contributed by atoms with Gasteiger partial charge in [-0.1, -0.05) is 44.5 Å². The maximum absolute atomic E-state index is 6.02. The highest BCUT2D eigenvalue weighted by Crippen LogP contribution is 2.35. The molecule has 0 amide bonds. The Morgan fingerprint density at radius 2 is 2.00 bits per heavy atom. The number of hydrogen-bond donors (Lipinski definition) is 1. The van der Waals surface area contributed by atoms with Crippen LogP contribution >= 0.6 is 11.6 Å².